The molecule has 0 aliphatic heterocycles. The zero-order chi connectivity index (χ0) is 19.8. The summed E-state index contributed by atoms with van der Waals surface area (Å²) in [7, 11) is 0. The van der Waals surface area contributed by atoms with Crippen LogP contribution in [0.1, 0.15) is 31.0 Å². The first-order chi connectivity index (χ1) is 12.9. The van der Waals surface area contributed by atoms with Crippen molar-refractivity contribution in [3.05, 3.63) is 65.2 Å². The van der Waals surface area contributed by atoms with Gasteiger partial charge in [-0.2, -0.15) is 0 Å². The molecule has 27 heavy (non-hydrogen) atoms. The highest BCUT2D eigenvalue weighted by atomic mass is 19.1. The fourth-order valence-corrected chi connectivity index (χ4v) is 2.59. The van der Waals surface area contributed by atoms with E-state index in [1.165, 1.54) is 6.07 Å². The summed E-state index contributed by atoms with van der Waals surface area (Å²) < 4.78 is 26.7. The molecule has 2 rings (SSSR count). The van der Waals surface area contributed by atoms with Gasteiger partial charge in [-0.15, -0.1) is 0 Å². The van der Waals surface area contributed by atoms with Gasteiger partial charge < -0.3 is 16.0 Å². The Morgan fingerprint density at radius 2 is 1.78 bits per heavy atom. The van der Waals surface area contributed by atoms with E-state index in [2.05, 4.69) is 16.0 Å². The highest BCUT2D eigenvalue weighted by Gasteiger charge is 2.13. The van der Waals surface area contributed by atoms with Crippen molar-refractivity contribution in [3.63, 3.8) is 0 Å². The van der Waals surface area contributed by atoms with Crippen LogP contribution in [0.3, 0.4) is 0 Å². The standard InChI is InChI=1S/C20H23F2N3O2/c1-3-14-6-4-5-7-18(14)25-20(27)12-24-19(26)11-23-13(2)16-9-8-15(21)10-17(16)22/h4-10,13,23H,3,11-12H2,1-2H3,(H,24,26)(H,25,27)/t13-/m0/s1. The molecule has 0 aliphatic carbocycles. The highest BCUT2D eigenvalue weighted by molar-refractivity contribution is 5.95. The summed E-state index contributed by atoms with van der Waals surface area (Å²) in [5.41, 5.74) is 1.99. The van der Waals surface area contributed by atoms with Crippen molar-refractivity contribution in [1.82, 2.24) is 10.6 Å². The minimum Gasteiger partial charge on any atom is -0.346 e. The van der Waals surface area contributed by atoms with Crippen molar-refractivity contribution >= 4 is 17.5 Å². The zero-order valence-corrected chi connectivity index (χ0v) is 15.3. The topological polar surface area (TPSA) is 70.2 Å². The molecule has 2 aromatic rings. The average Bonchev–Trinajstić information content (AvgIpc) is 2.65. The molecule has 3 N–H and O–H groups in total. The lowest BCUT2D eigenvalue weighted by atomic mass is 10.1. The first-order valence-electron chi connectivity index (χ1n) is 8.73. The van der Waals surface area contributed by atoms with Gasteiger partial charge in [-0.05, 0) is 31.0 Å². The molecule has 2 amide bonds. The van der Waals surface area contributed by atoms with Gasteiger partial charge in [0.2, 0.25) is 11.8 Å². The Morgan fingerprint density at radius 1 is 1.04 bits per heavy atom. The van der Waals surface area contributed by atoms with Crippen molar-refractivity contribution in [1.29, 1.82) is 0 Å². The predicted molar refractivity (Wildman–Crippen MR) is 100 cm³/mol. The summed E-state index contributed by atoms with van der Waals surface area (Å²) in [6.07, 6.45) is 0.782. The number of amides is 2. The molecule has 0 radical (unpaired) electrons. The van der Waals surface area contributed by atoms with Crippen LogP contribution in [0, 0.1) is 11.6 Å². The van der Waals surface area contributed by atoms with Crippen molar-refractivity contribution in [2.45, 2.75) is 26.3 Å². The zero-order valence-electron chi connectivity index (χ0n) is 15.3. The Bertz CT molecular complexity index is 812. The number of nitrogens with one attached hydrogen (secondary N) is 3. The summed E-state index contributed by atoms with van der Waals surface area (Å²) >= 11 is 0. The second-order valence-electron chi connectivity index (χ2n) is 6.10. The monoisotopic (exact) mass is 375 g/mol. The van der Waals surface area contributed by atoms with Crippen LogP contribution in [0.15, 0.2) is 42.5 Å². The van der Waals surface area contributed by atoms with Gasteiger partial charge in [-0.3, -0.25) is 9.59 Å². The predicted octanol–water partition coefficient (Wildman–Crippen LogP) is 2.93. The van der Waals surface area contributed by atoms with Crippen LogP contribution in [0.2, 0.25) is 0 Å². The molecule has 0 bridgehead atoms. The lowest BCUT2D eigenvalue weighted by molar-refractivity contribution is -0.123. The Kier molecular flexibility index (Phi) is 7.43. The molecule has 1 atom stereocenters. The van der Waals surface area contributed by atoms with Crippen LogP contribution in [-0.2, 0) is 16.0 Å². The van der Waals surface area contributed by atoms with Gasteiger partial charge in [0.05, 0.1) is 13.1 Å². The molecule has 0 fully saturated rings. The van der Waals surface area contributed by atoms with E-state index in [1.54, 1.807) is 13.0 Å². The average molecular weight is 375 g/mol. The van der Waals surface area contributed by atoms with Crippen LogP contribution >= 0.6 is 0 Å². The lowest BCUT2D eigenvalue weighted by Gasteiger charge is -2.15. The number of rotatable bonds is 8. The van der Waals surface area contributed by atoms with E-state index in [-0.39, 0.29) is 24.6 Å². The van der Waals surface area contributed by atoms with Gasteiger partial charge in [0, 0.05) is 23.4 Å². The Balaban J connectivity index is 1.78. The number of hydrogen-bond donors (Lipinski definition) is 3. The number of para-hydroxylation sites is 1. The molecule has 144 valence electrons. The van der Waals surface area contributed by atoms with Crippen LogP contribution < -0.4 is 16.0 Å². The quantitative estimate of drug-likeness (QED) is 0.664. The van der Waals surface area contributed by atoms with E-state index in [4.69, 9.17) is 0 Å². The second-order valence-corrected chi connectivity index (χ2v) is 6.10. The fraction of sp³-hybridized carbons (Fsp3) is 0.300. The van der Waals surface area contributed by atoms with Crippen LogP contribution in [0.25, 0.3) is 0 Å². The smallest absolute Gasteiger partial charge is 0.243 e. The largest absolute Gasteiger partial charge is 0.346 e. The number of halogens is 2. The van der Waals surface area contributed by atoms with E-state index in [1.807, 2.05) is 25.1 Å². The maximum Gasteiger partial charge on any atom is 0.243 e. The van der Waals surface area contributed by atoms with Gasteiger partial charge >= 0.3 is 0 Å². The molecule has 0 aliphatic rings. The number of aryl methyl sites for hydroxylation is 1. The molecule has 0 unspecified atom stereocenters. The highest BCUT2D eigenvalue weighted by Crippen LogP contribution is 2.17. The Morgan fingerprint density at radius 3 is 2.48 bits per heavy atom. The first kappa shape index (κ1) is 20.5. The Labute approximate surface area is 157 Å². The maximum absolute atomic E-state index is 13.7. The maximum atomic E-state index is 13.7. The van der Waals surface area contributed by atoms with Gasteiger partial charge in [0.25, 0.3) is 0 Å². The summed E-state index contributed by atoms with van der Waals surface area (Å²) in [5.74, 6) is -2.06. The van der Waals surface area contributed by atoms with E-state index in [9.17, 15) is 18.4 Å². The SMILES string of the molecule is CCc1ccccc1NC(=O)CNC(=O)CN[C@@H](C)c1ccc(F)cc1F. The fourth-order valence-electron chi connectivity index (χ4n) is 2.59. The molecule has 7 heteroatoms. The van der Waals surface area contributed by atoms with E-state index in [0.29, 0.717) is 0 Å². The normalized spacial score (nSPS) is 11.7. The second kappa shape index (κ2) is 9.78. The molecular formula is C20H23F2N3O2. The van der Waals surface area contributed by atoms with Crippen LogP contribution in [-0.4, -0.2) is 24.9 Å². The van der Waals surface area contributed by atoms with Gasteiger partial charge in [0.1, 0.15) is 11.6 Å². The van der Waals surface area contributed by atoms with Gasteiger partial charge in [-0.1, -0.05) is 31.2 Å². The molecule has 0 saturated carbocycles. The summed E-state index contributed by atoms with van der Waals surface area (Å²) in [5, 5.41) is 8.11. The number of carbonyl (C=O) groups is 2. The first-order valence-corrected chi connectivity index (χ1v) is 8.73. The third-order valence-corrected chi connectivity index (χ3v) is 4.12. The van der Waals surface area contributed by atoms with Gasteiger partial charge in [0.15, 0.2) is 0 Å². The number of carbonyl (C=O) groups excluding carboxylic acids is 2. The third kappa shape index (κ3) is 6.14. The van der Waals surface area contributed by atoms with E-state index < -0.39 is 23.6 Å². The molecule has 5 nitrogen and oxygen atoms in total. The summed E-state index contributed by atoms with van der Waals surface area (Å²) in [6, 6.07) is 10.3. The number of benzene rings is 2. The van der Waals surface area contributed by atoms with Crippen molar-refractivity contribution in [2.75, 3.05) is 18.4 Å². The molecular weight excluding hydrogens is 352 g/mol. The van der Waals surface area contributed by atoms with E-state index >= 15 is 0 Å². The number of hydrogen-bond acceptors (Lipinski definition) is 3. The summed E-state index contributed by atoms with van der Waals surface area (Å²) in [6.45, 7) is 3.39. The summed E-state index contributed by atoms with van der Waals surface area (Å²) in [4.78, 5) is 23.9. The van der Waals surface area contributed by atoms with Crippen molar-refractivity contribution in [3.8, 4) is 0 Å². The molecule has 0 heterocycles. The van der Waals surface area contributed by atoms with Crippen molar-refractivity contribution in [2.24, 2.45) is 0 Å². The van der Waals surface area contributed by atoms with Crippen molar-refractivity contribution < 1.29 is 18.4 Å². The Hall–Kier alpha value is -2.80. The molecule has 2 aromatic carbocycles. The number of anilines is 1. The minimum atomic E-state index is -0.677. The van der Waals surface area contributed by atoms with Crippen LogP contribution in [0.4, 0.5) is 14.5 Å². The van der Waals surface area contributed by atoms with Crippen LogP contribution in [0.5, 0.6) is 0 Å². The molecule has 0 spiro atoms. The molecule has 0 saturated heterocycles. The third-order valence-electron chi connectivity index (χ3n) is 4.12. The minimum absolute atomic E-state index is 0.100. The van der Waals surface area contributed by atoms with Gasteiger partial charge in [-0.25, -0.2) is 8.78 Å². The molecule has 0 aromatic heterocycles. The van der Waals surface area contributed by atoms with E-state index in [0.717, 1.165) is 29.8 Å². The lowest BCUT2D eigenvalue weighted by Crippen LogP contribution is -2.39.